The molecule has 10 heteroatoms. The van der Waals surface area contributed by atoms with Crippen LogP contribution in [0.2, 0.25) is 5.02 Å². The fourth-order valence-corrected chi connectivity index (χ4v) is 4.96. The van der Waals surface area contributed by atoms with Crippen molar-refractivity contribution in [2.24, 2.45) is 16.5 Å². The van der Waals surface area contributed by atoms with Gasteiger partial charge in [-0.3, -0.25) is 0 Å². The first-order valence-electron chi connectivity index (χ1n) is 12.3. The van der Waals surface area contributed by atoms with Gasteiger partial charge >= 0.3 is 0 Å². The number of hydrogen-bond donors (Lipinski definition) is 4. The lowest BCUT2D eigenvalue weighted by molar-refractivity contribution is 0.411. The van der Waals surface area contributed by atoms with E-state index >= 15 is 0 Å². The molecule has 0 radical (unpaired) electrons. The maximum atomic E-state index is 13.9. The highest BCUT2D eigenvalue weighted by Crippen LogP contribution is 2.34. The quantitative estimate of drug-likeness (QED) is 0.205. The minimum absolute atomic E-state index is 0.0450. The van der Waals surface area contributed by atoms with Crippen LogP contribution in [0.1, 0.15) is 43.7 Å². The van der Waals surface area contributed by atoms with Crippen LogP contribution in [-0.4, -0.2) is 37.6 Å². The van der Waals surface area contributed by atoms with Crippen molar-refractivity contribution in [2.45, 2.75) is 51.1 Å². The molecule has 8 nitrogen and oxygen atoms in total. The molecule has 1 aromatic carbocycles. The molecule has 1 saturated carbocycles. The predicted molar refractivity (Wildman–Crippen MR) is 145 cm³/mol. The molecule has 0 atom stereocenters. The molecule has 1 fully saturated rings. The van der Waals surface area contributed by atoms with Gasteiger partial charge in [0.25, 0.3) is 0 Å². The zero-order valence-corrected chi connectivity index (χ0v) is 21.2. The minimum Gasteiger partial charge on any atom is -0.493 e. The highest BCUT2D eigenvalue weighted by molar-refractivity contribution is 6.33. The Morgan fingerprint density at radius 2 is 2.00 bits per heavy atom. The molecule has 0 aliphatic heterocycles. The summed E-state index contributed by atoms with van der Waals surface area (Å²) in [7, 11) is 0. The predicted octanol–water partition coefficient (Wildman–Crippen LogP) is 5.18. The number of pyridine rings is 1. The van der Waals surface area contributed by atoms with Gasteiger partial charge in [0.2, 0.25) is 5.88 Å². The first-order valence-corrected chi connectivity index (χ1v) is 12.7. The van der Waals surface area contributed by atoms with Crippen LogP contribution in [0, 0.1) is 5.82 Å². The largest absolute Gasteiger partial charge is 0.493 e. The van der Waals surface area contributed by atoms with E-state index < -0.39 is 5.82 Å². The molecule has 37 heavy (non-hydrogen) atoms. The lowest BCUT2D eigenvalue weighted by Crippen LogP contribution is -2.33. The smallest absolute Gasteiger partial charge is 0.211 e. The van der Waals surface area contributed by atoms with Gasteiger partial charge in [-0.25, -0.2) is 18.9 Å². The van der Waals surface area contributed by atoms with Gasteiger partial charge in [0.15, 0.2) is 0 Å². The molecule has 6 N–H and O–H groups in total. The van der Waals surface area contributed by atoms with Crippen molar-refractivity contribution in [3.05, 3.63) is 70.9 Å². The molecule has 0 spiro atoms. The van der Waals surface area contributed by atoms with Crippen LogP contribution in [-0.2, 0) is 6.42 Å². The van der Waals surface area contributed by atoms with E-state index in [-0.39, 0.29) is 29.5 Å². The highest BCUT2D eigenvalue weighted by atomic mass is 35.5. The molecule has 0 saturated heterocycles. The van der Waals surface area contributed by atoms with Crippen molar-refractivity contribution in [3.63, 3.8) is 0 Å². The molecule has 0 bridgehead atoms. The van der Waals surface area contributed by atoms with E-state index in [4.69, 9.17) is 23.1 Å². The first kappa shape index (κ1) is 25.0. The van der Waals surface area contributed by atoms with Crippen molar-refractivity contribution in [1.82, 2.24) is 14.6 Å². The molecule has 0 unspecified atom stereocenters. The number of nitrogens with one attached hydrogen (secondary N) is 1. The van der Waals surface area contributed by atoms with E-state index in [1.807, 2.05) is 19.2 Å². The fraction of sp³-hybridized carbons (Fsp3) is 0.296. The van der Waals surface area contributed by atoms with E-state index in [2.05, 4.69) is 20.4 Å². The van der Waals surface area contributed by atoms with Crippen LogP contribution < -0.4 is 16.8 Å². The number of nitrogens with two attached hydrogens (primary N) is 2. The summed E-state index contributed by atoms with van der Waals surface area (Å²) in [6.07, 6.45) is 9.70. The number of fused-ring (bicyclic) bond motifs is 1. The summed E-state index contributed by atoms with van der Waals surface area (Å²) >= 11 is 6.24. The number of hydrogen-bond acceptors (Lipinski definition) is 6. The summed E-state index contributed by atoms with van der Waals surface area (Å²) in [5.74, 6) is -0.336. The van der Waals surface area contributed by atoms with Gasteiger partial charge in [-0.15, -0.1) is 0 Å². The molecule has 4 aromatic rings. The zero-order chi connectivity index (χ0) is 26.1. The van der Waals surface area contributed by atoms with E-state index in [0.29, 0.717) is 10.6 Å². The van der Waals surface area contributed by atoms with Crippen LogP contribution in [0.15, 0.2) is 53.9 Å². The molecular formula is C27H29ClFN7O. The lowest BCUT2D eigenvalue weighted by Gasteiger charge is -2.28. The van der Waals surface area contributed by atoms with Crippen LogP contribution >= 0.6 is 11.6 Å². The van der Waals surface area contributed by atoms with E-state index in [1.54, 1.807) is 23.0 Å². The second-order valence-electron chi connectivity index (χ2n) is 9.39. The number of aromatic nitrogens is 3. The number of aromatic hydroxyl groups is 1. The van der Waals surface area contributed by atoms with Crippen molar-refractivity contribution in [1.29, 1.82) is 0 Å². The Balaban J connectivity index is 1.64. The highest BCUT2D eigenvalue weighted by Gasteiger charge is 2.23. The normalized spacial score (nSPS) is 18.3. The summed E-state index contributed by atoms with van der Waals surface area (Å²) in [6.45, 7) is 2.04. The maximum absolute atomic E-state index is 13.9. The number of aryl methyl sites for hydroxylation is 1. The van der Waals surface area contributed by atoms with Gasteiger partial charge in [0.1, 0.15) is 11.7 Å². The van der Waals surface area contributed by atoms with E-state index in [9.17, 15) is 9.50 Å². The summed E-state index contributed by atoms with van der Waals surface area (Å²) < 4.78 is 15.6. The Labute approximate surface area is 219 Å². The topological polar surface area (TPSA) is 127 Å². The Bertz CT molecular complexity index is 1480. The molecule has 5 rings (SSSR count). The number of aliphatic imine (C=N–C) groups is 1. The van der Waals surface area contributed by atoms with E-state index in [0.717, 1.165) is 60.0 Å². The van der Waals surface area contributed by atoms with Crippen molar-refractivity contribution in [3.8, 4) is 17.0 Å². The molecule has 192 valence electrons. The van der Waals surface area contributed by atoms with Crippen molar-refractivity contribution >= 4 is 34.3 Å². The summed E-state index contributed by atoms with van der Waals surface area (Å²) in [5.41, 5.74) is 17.8. The van der Waals surface area contributed by atoms with Crippen molar-refractivity contribution in [2.75, 3.05) is 5.32 Å². The summed E-state index contributed by atoms with van der Waals surface area (Å²) in [4.78, 5) is 8.46. The Morgan fingerprint density at radius 1 is 1.22 bits per heavy atom. The summed E-state index contributed by atoms with van der Waals surface area (Å²) in [5, 5.41) is 18.6. The molecule has 3 heterocycles. The third-order valence-corrected chi connectivity index (χ3v) is 7.17. The fourth-order valence-electron chi connectivity index (χ4n) is 4.80. The third-order valence-electron chi connectivity index (χ3n) is 6.85. The van der Waals surface area contributed by atoms with Crippen molar-refractivity contribution < 1.29 is 9.50 Å². The van der Waals surface area contributed by atoms with Gasteiger partial charge in [-0.2, -0.15) is 5.10 Å². The molecule has 3 aromatic heterocycles. The SMILES string of the molecule is CCc1cnc(O)cc1-c1cc2c(N[C@H]3CC[C@H](N)CC3)c(C(N)=Nc3cc(F)ccc3Cl)cnn2c1. The van der Waals surface area contributed by atoms with Gasteiger partial charge in [-0.05, 0) is 61.4 Å². The van der Waals surface area contributed by atoms with Crippen LogP contribution in [0.25, 0.3) is 16.6 Å². The lowest BCUT2D eigenvalue weighted by atomic mass is 9.91. The van der Waals surface area contributed by atoms with Gasteiger partial charge in [0.05, 0.1) is 33.7 Å². The molecule has 0 amide bonds. The van der Waals surface area contributed by atoms with Gasteiger partial charge in [-0.1, -0.05) is 18.5 Å². The number of rotatable bonds is 6. The Hall–Kier alpha value is -3.69. The first-order chi connectivity index (χ1) is 17.8. The van der Waals surface area contributed by atoms with Crippen LogP contribution in [0.5, 0.6) is 5.88 Å². The summed E-state index contributed by atoms with van der Waals surface area (Å²) in [6, 6.07) is 8.04. The number of amidine groups is 1. The number of anilines is 1. The van der Waals surface area contributed by atoms with E-state index in [1.165, 1.54) is 18.2 Å². The average molecular weight is 522 g/mol. The second-order valence-corrected chi connectivity index (χ2v) is 9.80. The minimum atomic E-state index is -0.454. The number of benzene rings is 1. The standard InChI is InChI=1S/C27H29ClFN7O/c1-2-15-12-32-25(37)11-20(15)16-9-24-26(34-19-6-4-18(30)5-7-19)21(13-33-36(24)14-16)27(31)35-23-10-17(29)3-8-22(23)28/h3,8-14,18-19,34H,2,4-7,30H2,1H3,(H2,31,35)(H,32,37)/t18-,19-. The third kappa shape index (κ3) is 5.23. The van der Waals surface area contributed by atoms with Crippen LogP contribution in [0.4, 0.5) is 15.8 Å². The second kappa shape index (κ2) is 10.4. The monoisotopic (exact) mass is 521 g/mol. The van der Waals surface area contributed by atoms with Gasteiger partial charge in [0, 0.05) is 42.2 Å². The average Bonchev–Trinajstić information content (AvgIpc) is 3.32. The number of nitrogens with zero attached hydrogens (tertiary/aromatic N) is 4. The van der Waals surface area contributed by atoms with Crippen LogP contribution in [0.3, 0.4) is 0 Å². The maximum Gasteiger partial charge on any atom is 0.211 e. The zero-order valence-electron chi connectivity index (χ0n) is 20.5. The number of halogens is 2. The molecular weight excluding hydrogens is 493 g/mol. The molecule has 1 aliphatic carbocycles. The Kier molecular flexibility index (Phi) is 6.99. The molecule has 1 aliphatic rings. The Morgan fingerprint density at radius 3 is 2.76 bits per heavy atom. The van der Waals surface area contributed by atoms with Gasteiger partial charge < -0.3 is 21.9 Å².